The van der Waals surface area contributed by atoms with Crippen molar-refractivity contribution in [2.24, 2.45) is 11.8 Å². The summed E-state index contributed by atoms with van der Waals surface area (Å²) in [6, 6.07) is 0. The zero-order valence-electron chi connectivity index (χ0n) is 24.8. The molecular weight excluding hydrogens is 619 g/mol. The normalized spacial score (nSPS) is 23.2. The molecule has 3 aromatic heterocycles. The maximum Gasteiger partial charge on any atom is 0.305 e. The van der Waals surface area contributed by atoms with E-state index in [2.05, 4.69) is 34.3 Å². The van der Waals surface area contributed by atoms with E-state index in [1.165, 1.54) is 7.11 Å². The second-order valence-corrected chi connectivity index (χ2v) is 11.3. The fourth-order valence-electron chi connectivity index (χ4n) is 6.64. The van der Waals surface area contributed by atoms with E-state index in [9.17, 15) is 9.59 Å². The van der Waals surface area contributed by atoms with Crippen molar-refractivity contribution in [1.82, 2.24) is 15.0 Å². The van der Waals surface area contributed by atoms with Gasteiger partial charge in [0, 0.05) is 38.8 Å². The maximum atomic E-state index is 13.4. The number of carbonyl (C=O) groups excluding carboxylic acids is 2. The summed E-state index contributed by atoms with van der Waals surface area (Å²) in [5.41, 5.74) is 11.5. The number of aromatic nitrogens is 3. The van der Waals surface area contributed by atoms with Gasteiger partial charge in [-0.15, -0.1) is 33.5 Å². The average molecular weight is 653 g/mol. The smallest absolute Gasteiger partial charge is 0.305 e. The molecule has 0 aromatic carbocycles. The molecule has 8 bridgehead atoms. The van der Waals surface area contributed by atoms with Gasteiger partial charge in [-0.2, -0.15) is 11.4 Å². The Hall–Kier alpha value is -3.60. The molecule has 5 heterocycles. The van der Waals surface area contributed by atoms with Gasteiger partial charge in [0.1, 0.15) is 0 Å². The largest absolute Gasteiger partial charge is 0.664 e. The fourth-order valence-corrected chi connectivity index (χ4v) is 6.64. The number of rotatable bonds is 5. The Balaban J connectivity index is 0.00000353. The van der Waals surface area contributed by atoms with E-state index in [1.807, 2.05) is 31.2 Å². The summed E-state index contributed by atoms with van der Waals surface area (Å²) in [7, 11) is 1.41. The number of ether oxygens (including phenoxy) is 1. The summed E-state index contributed by atoms with van der Waals surface area (Å²) >= 11 is 0. The number of Topliss-reactive ketones (excluding diaryl/α,β-unsaturated/α-hetero) is 1. The summed E-state index contributed by atoms with van der Waals surface area (Å²) in [4.78, 5) is 40.6. The molecule has 2 aliphatic heterocycles. The van der Waals surface area contributed by atoms with Crippen LogP contribution in [-0.2, 0) is 36.4 Å². The van der Waals surface area contributed by atoms with Crippen LogP contribution in [0.15, 0.2) is 18.0 Å². The van der Waals surface area contributed by atoms with E-state index < -0.39 is 0 Å². The molecule has 3 aromatic rings. The second kappa shape index (κ2) is 11.2. The molecule has 1 saturated heterocycles. The molecule has 2 unspecified atom stereocenters. The number of esters is 1. The zero-order chi connectivity index (χ0) is 29.2. The van der Waals surface area contributed by atoms with Crippen LogP contribution in [0.2, 0.25) is 0 Å². The van der Waals surface area contributed by atoms with Crippen LogP contribution < -0.4 is 25.7 Å². The molecule has 0 amide bonds. The molecule has 0 radical (unpaired) electrons. The topological polar surface area (TPSA) is 99.8 Å². The first-order valence-corrected chi connectivity index (χ1v) is 14.3. The summed E-state index contributed by atoms with van der Waals surface area (Å²) in [5, 5.41) is 6.89. The Kier molecular flexibility index (Phi) is 8.00. The molecule has 0 N–H and O–H groups in total. The van der Waals surface area contributed by atoms with Crippen molar-refractivity contribution in [2.45, 2.75) is 60.3 Å². The van der Waals surface area contributed by atoms with Gasteiger partial charge in [0.2, 0.25) is 0 Å². The van der Waals surface area contributed by atoms with Crippen LogP contribution in [0.1, 0.15) is 94.1 Å². The number of nitrogens with zero attached hydrogens (tertiary/aromatic N) is 4. The van der Waals surface area contributed by atoms with Gasteiger partial charge in [-0.25, -0.2) is 0 Å². The van der Waals surface area contributed by atoms with E-state index in [-0.39, 0.29) is 56.9 Å². The van der Waals surface area contributed by atoms with Crippen LogP contribution in [-0.4, -0.2) is 18.9 Å². The first-order chi connectivity index (χ1) is 19.7. The van der Waals surface area contributed by atoms with Crippen molar-refractivity contribution in [3.63, 3.8) is 0 Å². The molecule has 6 rings (SSSR count). The number of fused-ring (bicyclic) bond motifs is 7. The van der Waals surface area contributed by atoms with E-state index in [1.54, 1.807) is 0 Å². The van der Waals surface area contributed by atoms with Crippen LogP contribution in [0.25, 0.3) is 35.2 Å². The average Bonchev–Trinajstić information content (AvgIpc) is 3.70. The predicted octanol–water partition coefficient (Wildman–Crippen LogP) is 4.59. The summed E-state index contributed by atoms with van der Waals surface area (Å²) < 4.78 is 4.95. The number of carbonyl (C=O) groups is 2. The molecule has 2 atom stereocenters. The first kappa shape index (κ1) is 29.9. The van der Waals surface area contributed by atoms with Crippen molar-refractivity contribution in [3.8, 4) is 0 Å². The molecular formula is C34H34N4O3Pd-4. The Morgan fingerprint density at radius 1 is 1.02 bits per heavy atom. The SMILES string of the molecule is C=Cc1c2[n-]c(c1C)/C=C1\[N-]/C(=C3/CC(=O)c4c3[n-]c(c4C)/C=c3\[n-]/c(c(C)c3CC)=C\2)C(CCC(=O)OC)C1C.[Pd]. The number of hydrogen-bond acceptors (Lipinski definition) is 3. The van der Waals surface area contributed by atoms with Gasteiger partial charge in [-0.05, 0) is 51.0 Å². The van der Waals surface area contributed by atoms with Crippen molar-refractivity contribution < 1.29 is 34.7 Å². The maximum absolute atomic E-state index is 13.4. The van der Waals surface area contributed by atoms with Crippen LogP contribution >= 0.6 is 0 Å². The predicted molar refractivity (Wildman–Crippen MR) is 160 cm³/mol. The molecule has 1 fully saturated rings. The van der Waals surface area contributed by atoms with E-state index >= 15 is 0 Å². The standard InChI is InChI=1S/C34H35N4O3.Pd/c1-8-20-16(3)24-13-26-18(5)22(10-11-31(40)41-7)33(37-26)23-12-30(39)32-19(6)27(38-34(23)32)15-29-21(9-2)17(4)25(36-29)14-28(20)35-24;/h8,13-15,18,22H,1,9-12H2,2-7H3,(H-,37,38,39);/q-3;/p-1/b25-14-,26-13-,29-15-;. The molecule has 1 aliphatic carbocycles. The molecule has 3 aliphatic rings. The summed E-state index contributed by atoms with van der Waals surface area (Å²) in [5.74, 6) is -0.233. The number of methoxy groups -OCH3 is 1. The van der Waals surface area contributed by atoms with Crippen LogP contribution in [0.4, 0.5) is 0 Å². The molecule has 0 saturated carbocycles. The zero-order valence-corrected chi connectivity index (χ0v) is 26.4. The third-order valence-electron chi connectivity index (χ3n) is 9.08. The second-order valence-electron chi connectivity index (χ2n) is 11.3. The Morgan fingerprint density at radius 3 is 2.43 bits per heavy atom. The van der Waals surface area contributed by atoms with Gasteiger partial charge in [0.15, 0.2) is 5.78 Å². The molecule has 222 valence electrons. The van der Waals surface area contributed by atoms with Crippen LogP contribution in [0.5, 0.6) is 0 Å². The minimum Gasteiger partial charge on any atom is -0.664 e. The van der Waals surface area contributed by atoms with E-state index in [4.69, 9.17) is 25.0 Å². The van der Waals surface area contributed by atoms with Gasteiger partial charge >= 0.3 is 5.97 Å². The van der Waals surface area contributed by atoms with Gasteiger partial charge in [0.25, 0.3) is 0 Å². The van der Waals surface area contributed by atoms with Crippen LogP contribution in [0, 0.1) is 32.6 Å². The Morgan fingerprint density at radius 2 is 1.74 bits per heavy atom. The first-order valence-electron chi connectivity index (χ1n) is 14.3. The monoisotopic (exact) mass is 652 g/mol. The molecule has 42 heavy (non-hydrogen) atoms. The van der Waals surface area contributed by atoms with Gasteiger partial charge in [0.05, 0.1) is 7.11 Å². The molecule has 8 heteroatoms. The fraction of sp³-hybridized carbons (Fsp3) is 0.353. The Bertz CT molecular complexity index is 1830. The van der Waals surface area contributed by atoms with Crippen molar-refractivity contribution in [2.75, 3.05) is 7.11 Å². The van der Waals surface area contributed by atoms with Gasteiger partial charge in [-0.3, -0.25) is 9.59 Å². The minimum atomic E-state index is -0.257. The molecule has 0 spiro atoms. The van der Waals surface area contributed by atoms with Crippen LogP contribution in [0.3, 0.4) is 0 Å². The summed E-state index contributed by atoms with van der Waals surface area (Å²) in [6.07, 6.45) is 9.87. The Labute approximate surface area is 260 Å². The van der Waals surface area contributed by atoms with Gasteiger partial charge in [-0.1, -0.05) is 72.6 Å². The van der Waals surface area contributed by atoms with Gasteiger partial charge < -0.3 is 25.0 Å². The third-order valence-corrected chi connectivity index (χ3v) is 9.08. The summed E-state index contributed by atoms with van der Waals surface area (Å²) in [6.45, 7) is 14.4. The van der Waals surface area contributed by atoms with E-state index in [0.717, 1.165) is 79.0 Å². The number of allylic oxidation sites excluding steroid dienone is 3. The van der Waals surface area contributed by atoms with Crippen molar-refractivity contribution in [1.29, 1.82) is 0 Å². The van der Waals surface area contributed by atoms with Crippen molar-refractivity contribution >= 4 is 41.6 Å². The third kappa shape index (κ3) is 4.62. The minimum absolute atomic E-state index is 0. The number of ketones is 1. The quantitative estimate of drug-likeness (QED) is 0.295. The van der Waals surface area contributed by atoms with Crippen molar-refractivity contribution in [3.05, 3.63) is 90.1 Å². The van der Waals surface area contributed by atoms with E-state index in [0.29, 0.717) is 17.7 Å². The number of hydrogen-bond donors (Lipinski definition) is 0. The molecule has 7 nitrogen and oxygen atoms in total.